The highest BCUT2D eigenvalue weighted by atomic mass is 35.5. The van der Waals surface area contributed by atoms with Gasteiger partial charge in [-0.15, -0.1) is 11.6 Å². The maximum absolute atomic E-state index is 9.68. The monoisotopic (exact) mass is 239 g/mol. The van der Waals surface area contributed by atoms with E-state index in [1.165, 1.54) is 11.3 Å². The van der Waals surface area contributed by atoms with Crippen LogP contribution < -0.4 is 4.90 Å². The van der Waals surface area contributed by atoms with Crippen molar-refractivity contribution in [2.45, 2.75) is 31.9 Å². The summed E-state index contributed by atoms with van der Waals surface area (Å²) >= 11 is 5.67. The van der Waals surface area contributed by atoms with Crippen molar-refractivity contribution in [3.63, 3.8) is 0 Å². The molecule has 1 N–H and O–H groups in total. The molecule has 1 aliphatic heterocycles. The minimum absolute atomic E-state index is 0.297. The van der Waals surface area contributed by atoms with Crippen LogP contribution in [0.5, 0.6) is 0 Å². The van der Waals surface area contributed by atoms with Gasteiger partial charge in [0.2, 0.25) is 0 Å². The Kier molecular flexibility index (Phi) is 3.72. The number of rotatable bonds is 3. The minimum Gasteiger partial charge on any atom is -0.390 e. The zero-order valence-electron chi connectivity index (χ0n) is 9.56. The minimum atomic E-state index is -0.449. The van der Waals surface area contributed by atoms with Crippen LogP contribution in [0.15, 0.2) is 24.3 Å². The lowest BCUT2D eigenvalue weighted by atomic mass is 9.96. The van der Waals surface area contributed by atoms with E-state index in [9.17, 15) is 5.11 Å². The van der Waals surface area contributed by atoms with Crippen LogP contribution >= 0.6 is 11.6 Å². The molecule has 0 fully saturated rings. The number of β-amino-alcohol motifs (C(OH)–C–C–N with tert-alkyl or cyclic N) is 1. The third-order valence-electron chi connectivity index (χ3n) is 3.25. The fourth-order valence-electron chi connectivity index (χ4n) is 2.31. The number of para-hydroxylation sites is 1. The fraction of sp³-hybridized carbons (Fsp3) is 0.538. The Morgan fingerprint density at radius 3 is 3.00 bits per heavy atom. The summed E-state index contributed by atoms with van der Waals surface area (Å²) in [6, 6.07) is 8.91. The normalized spacial score (nSPS) is 21.7. The number of aliphatic hydroxyl groups is 1. The van der Waals surface area contributed by atoms with Gasteiger partial charge in [-0.25, -0.2) is 0 Å². The van der Waals surface area contributed by atoms with E-state index in [1.807, 2.05) is 0 Å². The number of aliphatic hydroxyl groups excluding tert-OH is 1. The standard InChI is InChI=1S/C13H18ClNO/c1-10-6-7-11-4-2-3-5-13(11)15(10)9-12(16)8-14/h2-5,10,12,16H,6-9H2,1H3. The highest BCUT2D eigenvalue weighted by Crippen LogP contribution is 2.30. The average Bonchev–Trinajstić information content (AvgIpc) is 2.32. The Labute approximate surface area is 102 Å². The van der Waals surface area contributed by atoms with Crippen molar-refractivity contribution in [1.29, 1.82) is 0 Å². The van der Waals surface area contributed by atoms with Gasteiger partial charge in [-0.2, -0.15) is 0 Å². The fourth-order valence-corrected chi connectivity index (χ4v) is 2.41. The summed E-state index contributed by atoms with van der Waals surface area (Å²) in [4.78, 5) is 2.27. The number of hydrogen-bond donors (Lipinski definition) is 1. The summed E-state index contributed by atoms with van der Waals surface area (Å²) in [5, 5.41) is 9.68. The molecule has 0 spiro atoms. The zero-order chi connectivity index (χ0) is 11.5. The molecule has 1 aromatic carbocycles. The second kappa shape index (κ2) is 5.07. The number of halogens is 1. The van der Waals surface area contributed by atoms with E-state index in [-0.39, 0.29) is 0 Å². The quantitative estimate of drug-likeness (QED) is 0.819. The van der Waals surface area contributed by atoms with Crippen LogP contribution in [0.3, 0.4) is 0 Å². The number of fused-ring (bicyclic) bond motifs is 1. The molecule has 2 atom stereocenters. The third kappa shape index (κ3) is 2.33. The Balaban J connectivity index is 2.22. The van der Waals surface area contributed by atoms with Crippen LogP contribution in [0.25, 0.3) is 0 Å². The molecule has 1 heterocycles. The van der Waals surface area contributed by atoms with Gasteiger partial charge < -0.3 is 10.0 Å². The average molecular weight is 240 g/mol. The van der Waals surface area contributed by atoms with Gasteiger partial charge in [-0.05, 0) is 31.4 Å². The van der Waals surface area contributed by atoms with Gasteiger partial charge in [0.25, 0.3) is 0 Å². The smallest absolute Gasteiger partial charge is 0.0850 e. The highest BCUT2D eigenvalue weighted by molar-refractivity contribution is 6.18. The molecule has 0 aliphatic carbocycles. The lowest BCUT2D eigenvalue weighted by Crippen LogP contribution is -2.42. The zero-order valence-corrected chi connectivity index (χ0v) is 10.3. The number of benzene rings is 1. The van der Waals surface area contributed by atoms with Crippen LogP contribution in [-0.2, 0) is 6.42 Å². The summed E-state index contributed by atoms with van der Waals surface area (Å²) < 4.78 is 0. The summed E-state index contributed by atoms with van der Waals surface area (Å²) in [5.41, 5.74) is 2.63. The molecule has 0 saturated carbocycles. The van der Waals surface area contributed by atoms with Gasteiger partial charge >= 0.3 is 0 Å². The van der Waals surface area contributed by atoms with Crippen molar-refractivity contribution in [1.82, 2.24) is 0 Å². The maximum atomic E-state index is 9.68. The van der Waals surface area contributed by atoms with Crippen LogP contribution in [0.1, 0.15) is 18.9 Å². The Morgan fingerprint density at radius 1 is 1.50 bits per heavy atom. The number of alkyl halides is 1. The lowest BCUT2D eigenvalue weighted by Gasteiger charge is -2.38. The topological polar surface area (TPSA) is 23.5 Å². The molecule has 3 heteroatoms. The Hall–Kier alpha value is -0.730. The van der Waals surface area contributed by atoms with Gasteiger partial charge in [0, 0.05) is 18.3 Å². The van der Waals surface area contributed by atoms with E-state index in [0.29, 0.717) is 18.5 Å². The molecule has 2 unspecified atom stereocenters. The van der Waals surface area contributed by atoms with Gasteiger partial charge in [0.1, 0.15) is 0 Å². The number of anilines is 1. The summed E-state index contributed by atoms with van der Waals surface area (Å²) in [7, 11) is 0. The van der Waals surface area contributed by atoms with E-state index < -0.39 is 6.10 Å². The van der Waals surface area contributed by atoms with Crippen LogP contribution in [0.4, 0.5) is 5.69 Å². The molecule has 0 saturated heterocycles. The molecule has 16 heavy (non-hydrogen) atoms. The molecule has 2 rings (SSSR count). The molecule has 0 amide bonds. The molecule has 0 aromatic heterocycles. The summed E-state index contributed by atoms with van der Waals surface area (Å²) in [5.74, 6) is 0.297. The predicted molar refractivity (Wildman–Crippen MR) is 68.3 cm³/mol. The van der Waals surface area contributed by atoms with E-state index in [4.69, 9.17) is 11.6 Å². The van der Waals surface area contributed by atoms with E-state index in [0.717, 1.165) is 12.8 Å². The van der Waals surface area contributed by atoms with Crippen molar-refractivity contribution in [2.24, 2.45) is 0 Å². The van der Waals surface area contributed by atoms with Crippen molar-refractivity contribution in [3.05, 3.63) is 29.8 Å². The van der Waals surface area contributed by atoms with Crippen molar-refractivity contribution in [3.8, 4) is 0 Å². The molecular weight excluding hydrogens is 222 g/mol. The van der Waals surface area contributed by atoms with Crippen LogP contribution in [0, 0.1) is 0 Å². The largest absolute Gasteiger partial charge is 0.390 e. The molecule has 88 valence electrons. The van der Waals surface area contributed by atoms with Crippen molar-refractivity contribution < 1.29 is 5.11 Å². The summed E-state index contributed by atoms with van der Waals surface area (Å²) in [6.07, 6.45) is 1.83. The van der Waals surface area contributed by atoms with E-state index in [2.05, 4.69) is 36.1 Å². The van der Waals surface area contributed by atoms with Gasteiger partial charge in [-0.3, -0.25) is 0 Å². The second-order valence-electron chi connectivity index (χ2n) is 4.48. The third-order valence-corrected chi connectivity index (χ3v) is 3.61. The Bertz CT molecular complexity index is 356. The lowest BCUT2D eigenvalue weighted by molar-refractivity contribution is 0.199. The molecule has 1 aliphatic rings. The maximum Gasteiger partial charge on any atom is 0.0850 e. The van der Waals surface area contributed by atoms with Gasteiger partial charge in [0.05, 0.1) is 12.0 Å². The second-order valence-corrected chi connectivity index (χ2v) is 4.79. The van der Waals surface area contributed by atoms with Crippen molar-refractivity contribution >= 4 is 17.3 Å². The molecule has 1 aromatic rings. The first kappa shape index (κ1) is 11.7. The van der Waals surface area contributed by atoms with Crippen LogP contribution in [0.2, 0.25) is 0 Å². The number of hydrogen-bond acceptors (Lipinski definition) is 2. The molecule has 0 bridgehead atoms. The Morgan fingerprint density at radius 2 is 2.25 bits per heavy atom. The number of nitrogens with zero attached hydrogens (tertiary/aromatic N) is 1. The molecule has 0 radical (unpaired) electrons. The predicted octanol–water partition coefficient (Wildman–Crippen LogP) is 2.43. The molecule has 2 nitrogen and oxygen atoms in total. The molecular formula is C13H18ClNO. The van der Waals surface area contributed by atoms with Gasteiger partial charge in [0.15, 0.2) is 0 Å². The summed E-state index contributed by atoms with van der Waals surface area (Å²) in [6.45, 7) is 2.83. The number of aryl methyl sites for hydroxylation is 1. The SMILES string of the molecule is CC1CCc2ccccc2N1CC(O)CCl. The van der Waals surface area contributed by atoms with Crippen LogP contribution in [-0.4, -0.2) is 29.7 Å². The first-order chi connectivity index (χ1) is 7.72. The first-order valence-electron chi connectivity index (χ1n) is 5.81. The van der Waals surface area contributed by atoms with E-state index in [1.54, 1.807) is 0 Å². The van der Waals surface area contributed by atoms with Gasteiger partial charge in [-0.1, -0.05) is 18.2 Å². The first-order valence-corrected chi connectivity index (χ1v) is 6.34. The van der Waals surface area contributed by atoms with Crippen molar-refractivity contribution in [2.75, 3.05) is 17.3 Å². The van der Waals surface area contributed by atoms with E-state index >= 15 is 0 Å². The highest BCUT2D eigenvalue weighted by Gasteiger charge is 2.24.